The molecule has 2 bridgehead atoms. The standard InChI is InChI=1S/C22H25ClN2O/c1-25-17-4-2-11-22(25,12-10-17)26-21-18-5-3-13-24-20(18)9-7-15-6-8-16(23)14-19(15)21/h3,5-6,8,13-14,17,21H,2,4,7,9-12H2,1H3. The van der Waals surface area contributed by atoms with Crippen LogP contribution in [0.1, 0.15) is 60.6 Å². The lowest BCUT2D eigenvalue weighted by molar-refractivity contribution is -0.176. The van der Waals surface area contributed by atoms with Crippen molar-refractivity contribution >= 4 is 11.6 Å². The molecule has 2 aliphatic heterocycles. The molecule has 3 heterocycles. The maximum absolute atomic E-state index is 7.04. The number of ether oxygens (including phenoxy) is 1. The molecule has 1 aliphatic carbocycles. The minimum absolute atomic E-state index is 0.0887. The van der Waals surface area contributed by atoms with Gasteiger partial charge in [-0.15, -0.1) is 0 Å². The van der Waals surface area contributed by atoms with E-state index in [9.17, 15) is 0 Å². The lowest BCUT2D eigenvalue weighted by Crippen LogP contribution is -2.50. The molecule has 26 heavy (non-hydrogen) atoms. The van der Waals surface area contributed by atoms with E-state index in [1.54, 1.807) is 0 Å². The number of hydrogen-bond donors (Lipinski definition) is 0. The molecular weight excluding hydrogens is 344 g/mol. The fourth-order valence-corrected chi connectivity index (χ4v) is 5.43. The van der Waals surface area contributed by atoms with E-state index >= 15 is 0 Å². The molecule has 3 aliphatic rings. The van der Waals surface area contributed by atoms with Gasteiger partial charge >= 0.3 is 0 Å². The summed E-state index contributed by atoms with van der Waals surface area (Å²) in [4.78, 5) is 7.18. The summed E-state index contributed by atoms with van der Waals surface area (Å²) >= 11 is 6.39. The maximum atomic E-state index is 7.04. The Morgan fingerprint density at radius 1 is 1.15 bits per heavy atom. The summed E-state index contributed by atoms with van der Waals surface area (Å²) in [6.07, 6.45) is 9.78. The Morgan fingerprint density at radius 2 is 2.08 bits per heavy atom. The lowest BCUT2D eigenvalue weighted by atomic mass is 9.95. The number of aryl methyl sites for hydroxylation is 2. The molecule has 4 heteroatoms. The lowest BCUT2D eigenvalue weighted by Gasteiger charge is -2.44. The van der Waals surface area contributed by atoms with Crippen LogP contribution in [0.2, 0.25) is 5.02 Å². The Morgan fingerprint density at radius 3 is 3.00 bits per heavy atom. The van der Waals surface area contributed by atoms with Crippen LogP contribution in [-0.4, -0.2) is 28.7 Å². The van der Waals surface area contributed by atoms with Crippen LogP contribution in [0.5, 0.6) is 0 Å². The fraction of sp³-hybridized carbons (Fsp3) is 0.500. The van der Waals surface area contributed by atoms with E-state index < -0.39 is 0 Å². The molecule has 0 N–H and O–H groups in total. The van der Waals surface area contributed by atoms with Crippen molar-refractivity contribution < 1.29 is 4.74 Å². The van der Waals surface area contributed by atoms with E-state index in [4.69, 9.17) is 16.3 Å². The second-order valence-corrected chi connectivity index (χ2v) is 8.46. The first kappa shape index (κ1) is 16.7. The van der Waals surface area contributed by atoms with Crippen LogP contribution in [0.3, 0.4) is 0 Å². The third-order valence-electron chi connectivity index (χ3n) is 6.73. The van der Waals surface area contributed by atoms with Gasteiger partial charge in [0.05, 0.1) is 0 Å². The predicted molar refractivity (Wildman–Crippen MR) is 103 cm³/mol. The molecule has 0 amide bonds. The number of rotatable bonds is 2. The number of halogens is 1. The van der Waals surface area contributed by atoms with Crippen LogP contribution < -0.4 is 0 Å². The number of pyridine rings is 1. The van der Waals surface area contributed by atoms with E-state index in [-0.39, 0.29) is 11.8 Å². The highest BCUT2D eigenvalue weighted by Gasteiger charge is 2.49. The number of hydrogen-bond acceptors (Lipinski definition) is 3. The first-order valence-electron chi connectivity index (χ1n) is 9.79. The minimum atomic E-state index is -0.148. The molecule has 5 rings (SSSR count). The quantitative estimate of drug-likeness (QED) is 0.752. The summed E-state index contributed by atoms with van der Waals surface area (Å²) in [7, 11) is 2.25. The number of nitrogens with zero attached hydrogens (tertiary/aromatic N) is 2. The van der Waals surface area contributed by atoms with Crippen molar-refractivity contribution in [2.45, 2.75) is 62.8 Å². The Labute approximate surface area is 160 Å². The molecular formula is C22H25ClN2O. The molecule has 0 spiro atoms. The largest absolute Gasteiger partial charge is 0.348 e. The summed E-state index contributed by atoms with van der Waals surface area (Å²) in [5, 5.41) is 0.781. The summed E-state index contributed by atoms with van der Waals surface area (Å²) in [6, 6.07) is 11.2. The second-order valence-electron chi connectivity index (χ2n) is 8.02. The Bertz CT molecular complexity index is 835. The molecule has 3 nitrogen and oxygen atoms in total. The van der Waals surface area contributed by atoms with Crippen LogP contribution in [0.25, 0.3) is 0 Å². The molecule has 136 valence electrons. The van der Waals surface area contributed by atoms with Crippen LogP contribution in [0.4, 0.5) is 0 Å². The SMILES string of the molecule is CN1C2CCCC1(OC1c3cc(Cl)ccc3CCc3ncccc31)CC2. The van der Waals surface area contributed by atoms with Crippen molar-refractivity contribution in [2.24, 2.45) is 0 Å². The number of benzene rings is 1. The van der Waals surface area contributed by atoms with Crippen molar-refractivity contribution in [1.29, 1.82) is 0 Å². The van der Waals surface area contributed by atoms with Crippen molar-refractivity contribution in [3.63, 3.8) is 0 Å². The van der Waals surface area contributed by atoms with Crippen molar-refractivity contribution in [3.05, 3.63) is 63.9 Å². The van der Waals surface area contributed by atoms with Crippen LogP contribution >= 0.6 is 11.6 Å². The van der Waals surface area contributed by atoms with Gasteiger partial charge < -0.3 is 4.74 Å². The highest BCUT2D eigenvalue weighted by atomic mass is 35.5. The zero-order valence-corrected chi connectivity index (χ0v) is 16.0. The molecule has 1 aromatic carbocycles. The molecule has 3 unspecified atom stereocenters. The van der Waals surface area contributed by atoms with Crippen LogP contribution in [0.15, 0.2) is 36.5 Å². The summed E-state index contributed by atoms with van der Waals surface area (Å²) in [5.74, 6) is 0. The normalized spacial score (nSPS) is 30.5. The van der Waals surface area contributed by atoms with Gasteiger partial charge in [-0.1, -0.05) is 23.7 Å². The molecule has 0 saturated carbocycles. The zero-order chi connectivity index (χ0) is 17.7. The van der Waals surface area contributed by atoms with E-state index in [1.165, 1.54) is 36.0 Å². The summed E-state index contributed by atoms with van der Waals surface area (Å²) in [5.41, 5.74) is 4.78. The van der Waals surface area contributed by atoms with Gasteiger partial charge in [0.2, 0.25) is 0 Å². The topological polar surface area (TPSA) is 25.4 Å². The second kappa shape index (κ2) is 6.33. The molecule has 2 saturated heterocycles. The van der Waals surface area contributed by atoms with Gasteiger partial charge in [-0.3, -0.25) is 9.88 Å². The Balaban J connectivity index is 1.62. The highest BCUT2D eigenvalue weighted by Crippen LogP contribution is 2.48. The molecule has 1 aromatic heterocycles. The van der Waals surface area contributed by atoms with Crippen molar-refractivity contribution in [2.75, 3.05) is 7.05 Å². The van der Waals surface area contributed by atoms with Gasteiger partial charge in [-0.25, -0.2) is 0 Å². The minimum Gasteiger partial charge on any atom is -0.348 e. The first-order valence-corrected chi connectivity index (χ1v) is 10.2. The number of piperidine rings is 1. The first-order chi connectivity index (χ1) is 12.7. The van der Waals surface area contributed by atoms with E-state index in [2.05, 4.69) is 35.1 Å². The number of fused-ring (bicyclic) bond motifs is 4. The monoisotopic (exact) mass is 368 g/mol. The van der Waals surface area contributed by atoms with Gasteiger partial charge in [0.15, 0.2) is 0 Å². The summed E-state index contributed by atoms with van der Waals surface area (Å²) in [6.45, 7) is 0. The molecule has 2 aromatic rings. The summed E-state index contributed by atoms with van der Waals surface area (Å²) < 4.78 is 7.04. The molecule has 2 fully saturated rings. The zero-order valence-electron chi connectivity index (χ0n) is 15.2. The highest BCUT2D eigenvalue weighted by molar-refractivity contribution is 6.30. The van der Waals surface area contributed by atoms with Gasteiger partial charge in [0, 0.05) is 28.5 Å². The van der Waals surface area contributed by atoms with Gasteiger partial charge in [0.25, 0.3) is 0 Å². The maximum Gasteiger partial charge on any atom is 0.123 e. The average Bonchev–Trinajstić information content (AvgIpc) is 2.82. The Hall–Kier alpha value is -1.42. The smallest absolute Gasteiger partial charge is 0.123 e. The third kappa shape index (κ3) is 2.60. The number of aromatic nitrogens is 1. The Kier molecular flexibility index (Phi) is 4.07. The average molecular weight is 369 g/mol. The third-order valence-corrected chi connectivity index (χ3v) is 6.97. The van der Waals surface area contributed by atoms with Crippen molar-refractivity contribution in [1.82, 2.24) is 9.88 Å². The van der Waals surface area contributed by atoms with Crippen molar-refractivity contribution in [3.8, 4) is 0 Å². The van der Waals surface area contributed by atoms with Gasteiger partial charge in [-0.05, 0) is 81.3 Å². The van der Waals surface area contributed by atoms with Crippen LogP contribution in [-0.2, 0) is 17.6 Å². The van der Waals surface area contributed by atoms with Crippen LogP contribution in [0, 0.1) is 0 Å². The van der Waals surface area contributed by atoms with E-state index in [0.717, 1.165) is 36.4 Å². The predicted octanol–water partition coefficient (Wildman–Crippen LogP) is 4.91. The van der Waals surface area contributed by atoms with Gasteiger partial charge in [0.1, 0.15) is 11.8 Å². The molecule has 0 radical (unpaired) electrons. The van der Waals surface area contributed by atoms with E-state index in [1.807, 2.05) is 18.3 Å². The molecule has 3 atom stereocenters. The van der Waals surface area contributed by atoms with Gasteiger partial charge in [-0.2, -0.15) is 0 Å². The fourth-order valence-electron chi connectivity index (χ4n) is 5.25. The van der Waals surface area contributed by atoms with E-state index in [0.29, 0.717) is 6.04 Å².